The van der Waals surface area contributed by atoms with Crippen molar-refractivity contribution >= 4 is 19.6 Å². The number of aromatic amines is 2. The summed E-state index contributed by atoms with van der Waals surface area (Å²) in [5.74, 6) is 0.862. The molecular formula is C25H37N4O12PS. The van der Waals surface area contributed by atoms with E-state index < -0.39 is 80.4 Å². The lowest BCUT2D eigenvalue weighted by Crippen LogP contribution is -2.33. The first-order chi connectivity index (χ1) is 20.4. The van der Waals surface area contributed by atoms with Crippen molar-refractivity contribution in [2.45, 2.75) is 76.4 Å². The van der Waals surface area contributed by atoms with Crippen LogP contribution in [0, 0.1) is 13.8 Å². The lowest BCUT2D eigenvalue weighted by Gasteiger charge is -2.25. The number of aliphatic hydroxyl groups excluding tert-OH is 2. The molecular weight excluding hydrogens is 611 g/mol. The molecule has 0 aromatic carbocycles. The molecule has 16 nitrogen and oxygen atoms in total. The maximum atomic E-state index is 13.9. The number of nitrogens with zero attached hydrogens (tertiary/aromatic N) is 2. The number of phosphoric acid groups is 1. The number of nitrogens with one attached hydrogen (secondary N) is 2. The number of thioether (sulfide) groups is 1. The van der Waals surface area contributed by atoms with Gasteiger partial charge in [-0.2, -0.15) is 11.8 Å². The number of hydrogen-bond acceptors (Lipinski definition) is 13. The molecule has 4 N–H and O–H groups in total. The van der Waals surface area contributed by atoms with Crippen LogP contribution in [0.3, 0.4) is 0 Å². The molecule has 18 heteroatoms. The quantitative estimate of drug-likeness (QED) is 0.161. The molecule has 0 radical (unpaired) electrons. The minimum atomic E-state index is -4.36. The van der Waals surface area contributed by atoms with E-state index >= 15 is 0 Å². The molecule has 240 valence electrons. The van der Waals surface area contributed by atoms with E-state index in [1.54, 1.807) is 11.8 Å². The Hall–Kier alpha value is -2.34. The fourth-order valence-electron chi connectivity index (χ4n) is 4.74. The molecule has 2 aromatic heterocycles. The number of phosphoric ester groups is 1. The van der Waals surface area contributed by atoms with E-state index in [1.807, 2.05) is 6.26 Å². The number of ether oxygens (including phenoxy) is 2. The molecule has 0 spiro atoms. The van der Waals surface area contributed by atoms with Gasteiger partial charge in [-0.05, 0) is 38.7 Å². The SMILES string of the molecule is CSCCCCOP(=O)(OC[C@H]1O[C@@H](n2cc(C)c(=O)[nH]c2=O)C[C@@H]1O)O[C@H]1C[C@H](n2cc(C)c(=O)[nH]c2=O)O[C@@H]1CO. The van der Waals surface area contributed by atoms with E-state index in [-0.39, 0.29) is 30.6 Å². The van der Waals surface area contributed by atoms with Gasteiger partial charge in [-0.1, -0.05) is 0 Å². The van der Waals surface area contributed by atoms with Crippen molar-refractivity contribution in [3.63, 3.8) is 0 Å². The number of unbranched alkanes of at least 4 members (excludes halogenated alkanes) is 1. The number of hydrogen-bond donors (Lipinski definition) is 4. The first-order valence-corrected chi connectivity index (χ1v) is 16.6. The average molecular weight is 649 g/mol. The highest BCUT2D eigenvalue weighted by atomic mass is 32.2. The van der Waals surface area contributed by atoms with Gasteiger partial charge in [0.05, 0.1) is 25.9 Å². The number of aliphatic hydroxyl groups is 2. The lowest BCUT2D eigenvalue weighted by atomic mass is 10.2. The molecule has 2 aromatic rings. The van der Waals surface area contributed by atoms with E-state index in [1.165, 1.54) is 26.2 Å². The largest absolute Gasteiger partial charge is 0.475 e. The molecule has 0 aliphatic carbocycles. The Morgan fingerprint density at radius 1 is 0.953 bits per heavy atom. The van der Waals surface area contributed by atoms with Gasteiger partial charge in [0.15, 0.2) is 0 Å². The van der Waals surface area contributed by atoms with E-state index in [2.05, 4.69) is 9.97 Å². The molecule has 2 aliphatic heterocycles. The first-order valence-electron chi connectivity index (χ1n) is 13.7. The zero-order chi connectivity index (χ0) is 31.3. The van der Waals surface area contributed by atoms with Crippen molar-refractivity contribution in [3.8, 4) is 0 Å². The highest BCUT2D eigenvalue weighted by Crippen LogP contribution is 2.53. The molecule has 2 fully saturated rings. The third kappa shape index (κ3) is 8.23. The third-order valence-electron chi connectivity index (χ3n) is 7.13. The van der Waals surface area contributed by atoms with Crippen LogP contribution in [0.15, 0.2) is 31.6 Å². The summed E-state index contributed by atoms with van der Waals surface area (Å²) < 4.78 is 44.8. The Morgan fingerprint density at radius 2 is 1.53 bits per heavy atom. The number of H-pyrrole nitrogens is 2. The Balaban J connectivity index is 1.47. The van der Waals surface area contributed by atoms with E-state index in [0.717, 1.165) is 21.3 Å². The zero-order valence-electron chi connectivity index (χ0n) is 24.0. The summed E-state index contributed by atoms with van der Waals surface area (Å²) in [7, 11) is -4.36. The molecule has 43 heavy (non-hydrogen) atoms. The van der Waals surface area contributed by atoms with Gasteiger partial charge in [0, 0.05) is 36.4 Å². The summed E-state index contributed by atoms with van der Waals surface area (Å²) in [5.41, 5.74) is -1.96. The van der Waals surface area contributed by atoms with E-state index in [0.29, 0.717) is 6.42 Å². The summed E-state index contributed by atoms with van der Waals surface area (Å²) in [6.45, 7) is 2.10. The Morgan fingerprint density at radius 3 is 2.12 bits per heavy atom. The monoisotopic (exact) mass is 648 g/mol. The van der Waals surface area contributed by atoms with Gasteiger partial charge in [-0.15, -0.1) is 0 Å². The molecule has 4 heterocycles. The summed E-state index contributed by atoms with van der Waals surface area (Å²) in [6, 6.07) is 0. The molecule has 0 amide bonds. The highest BCUT2D eigenvalue weighted by Gasteiger charge is 2.44. The van der Waals surface area contributed by atoms with Crippen molar-refractivity contribution in [2.75, 3.05) is 31.8 Å². The normalized spacial score (nSPS) is 27.0. The molecule has 0 saturated carbocycles. The number of aryl methyl sites for hydroxylation is 2. The van der Waals surface area contributed by atoms with Crippen LogP contribution >= 0.6 is 19.6 Å². The van der Waals surface area contributed by atoms with Crippen molar-refractivity contribution in [1.29, 1.82) is 0 Å². The second-order valence-electron chi connectivity index (χ2n) is 10.4. The smallest absolute Gasteiger partial charge is 0.394 e. The van der Waals surface area contributed by atoms with Gasteiger partial charge in [0.1, 0.15) is 30.8 Å². The zero-order valence-corrected chi connectivity index (χ0v) is 25.7. The van der Waals surface area contributed by atoms with Crippen molar-refractivity contribution in [3.05, 3.63) is 65.2 Å². The summed E-state index contributed by atoms with van der Waals surface area (Å²) in [4.78, 5) is 52.6. The number of rotatable bonds is 14. The highest BCUT2D eigenvalue weighted by molar-refractivity contribution is 7.98. The second-order valence-corrected chi connectivity index (χ2v) is 13.0. The van der Waals surface area contributed by atoms with Crippen LogP contribution in [0.4, 0.5) is 0 Å². The van der Waals surface area contributed by atoms with Crippen molar-refractivity contribution < 1.29 is 37.8 Å². The molecule has 7 atom stereocenters. The van der Waals surface area contributed by atoms with Crippen LogP contribution in [-0.2, 0) is 27.6 Å². The van der Waals surface area contributed by atoms with Gasteiger partial charge >= 0.3 is 19.2 Å². The van der Waals surface area contributed by atoms with Gasteiger partial charge < -0.3 is 19.7 Å². The maximum absolute atomic E-state index is 13.9. The molecule has 4 rings (SSSR count). The van der Waals surface area contributed by atoms with E-state index in [4.69, 9.17) is 23.0 Å². The predicted octanol–water partition coefficient (Wildman–Crippen LogP) is 0.302. The second kappa shape index (κ2) is 14.6. The van der Waals surface area contributed by atoms with Crippen LogP contribution < -0.4 is 22.5 Å². The minimum absolute atomic E-state index is 0.00180. The van der Waals surface area contributed by atoms with Crippen LogP contribution in [0.25, 0.3) is 0 Å². The number of aromatic nitrogens is 4. The van der Waals surface area contributed by atoms with Gasteiger partial charge in [-0.3, -0.25) is 42.3 Å². The van der Waals surface area contributed by atoms with Crippen LogP contribution in [0.5, 0.6) is 0 Å². The fraction of sp³-hybridized carbons (Fsp3) is 0.680. The topological polar surface area (TPSA) is 213 Å². The molecule has 0 bridgehead atoms. The van der Waals surface area contributed by atoms with Crippen LogP contribution in [-0.4, -0.2) is 85.6 Å². The maximum Gasteiger partial charge on any atom is 0.475 e. The summed E-state index contributed by atoms with van der Waals surface area (Å²) in [6.07, 6.45) is -0.118. The fourth-order valence-corrected chi connectivity index (χ4v) is 6.66. The Bertz CT molecular complexity index is 1540. The van der Waals surface area contributed by atoms with Crippen LogP contribution in [0.2, 0.25) is 0 Å². The Kier molecular flexibility index (Phi) is 11.4. The molecule has 1 unspecified atom stereocenters. The van der Waals surface area contributed by atoms with Gasteiger partial charge in [0.2, 0.25) is 0 Å². The predicted molar refractivity (Wildman–Crippen MR) is 154 cm³/mol. The summed E-state index contributed by atoms with van der Waals surface area (Å²) in [5, 5.41) is 20.6. The Labute approximate surface area is 249 Å². The van der Waals surface area contributed by atoms with Gasteiger partial charge in [0.25, 0.3) is 11.1 Å². The first kappa shape index (κ1) is 33.6. The minimum Gasteiger partial charge on any atom is -0.394 e. The standard InChI is InChI=1S/C25H37N4O12PS/c1-14-10-28(24(34)26-22(14)32)20-8-16(31)19(40-20)13-38-42(36,37-6-4-5-7-43-3)41-17-9-21(39-18(17)12-30)29-11-15(2)23(33)27-25(29)35/h10-11,16-21,30-31H,4-9,12-13H2,1-3H3,(H,26,32,34)(H,27,33,35)/t16-,17-,18+,19+,20+,21+,42?/m0/s1. The average Bonchev–Trinajstić information content (AvgIpc) is 3.53. The van der Waals surface area contributed by atoms with Gasteiger partial charge in [-0.25, -0.2) is 14.2 Å². The molecule has 2 saturated heterocycles. The lowest BCUT2D eigenvalue weighted by molar-refractivity contribution is -0.0601. The third-order valence-corrected chi connectivity index (χ3v) is 9.32. The van der Waals surface area contributed by atoms with Crippen molar-refractivity contribution in [2.24, 2.45) is 0 Å². The summed E-state index contributed by atoms with van der Waals surface area (Å²) >= 11 is 1.65. The van der Waals surface area contributed by atoms with E-state index in [9.17, 15) is 34.0 Å². The van der Waals surface area contributed by atoms with Crippen LogP contribution in [0.1, 0.15) is 49.3 Å². The molecule has 2 aliphatic rings. The van der Waals surface area contributed by atoms with Crippen molar-refractivity contribution in [1.82, 2.24) is 19.1 Å².